The number of nitrogens with two attached hydrogens (primary N) is 1. The van der Waals surface area contributed by atoms with Crippen LogP contribution in [-0.2, 0) is 0 Å². The summed E-state index contributed by atoms with van der Waals surface area (Å²) in [6, 6.07) is 11.6. The molecule has 0 atom stereocenters. The summed E-state index contributed by atoms with van der Waals surface area (Å²) in [7, 11) is 0. The number of hydrogen-bond donors (Lipinski definition) is 1. The number of pyridine rings is 1. The van der Waals surface area contributed by atoms with E-state index in [0.717, 1.165) is 27.2 Å². The third kappa shape index (κ3) is 3.18. The van der Waals surface area contributed by atoms with Gasteiger partial charge in [-0.2, -0.15) is 5.10 Å². The second kappa shape index (κ2) is 6.72. The molecule has 0 unspecified atom stereocenters. The summed E-state index contributed by atoms with van der Waals surface area (Å²) in [6.45, 7) is 1.02. The zero-order valence-electron chi connectivity index (χ0n) is 11.8. The molecule has 3 rings (SSSR count). The van der Waals surface area contributed by atoms with Crippen LogP contribution in [0.2, 0.25) is 0 Å². The molecule has 2 N–H and O–H groups in total. The Bertz CT molecular complexity index is 741. The van der Waals surface area contributed by atoms with E-state index in [2.05, 4.69) is 26.0 Å². The SMILES string of the molecule is NCCOc1ccc(-n2cc(Br)c(-c3ccncc3)n2)cc1. The fourth-order valence-electron chi connectivity index (χ4n) is 2.06. The third-order valence-electron chi connectivity index (χ3n) is 3.11. The molecule has 0 fully saturated rings. The van der Waals surface area contributed by atoms with Crippen LogP contribution >= 0.6 is 15.9 Å². The average molecular weight is 359 g/mol. The van der Waals surface area contributed by atoms with Crippen molar-refractivity contribution in [3.8, 4) is 22.7 Å². The lowest BCUT2D eigenvalue weighted by atomic mass is 10.2. The molecule has 0 aliphatic rings. The fraction of sp³-hybridized carbons (Fsp3) is 0.125. The van der Waals surface area contributed by atoms with Gasteiger partial charge in [0.25, 0.3) is 0 Å². The molecule has 0 radical (unpaired) electrons. The van der Waals surface area contributed by atoms with Crippen LogP contribution in [0.15, 0.2) is 59.5 Å². The maximum Gasteiger partial charge on any atom is 0.119 e. The number of nitrogens with zero attached hydrogens (tertiary/aromatic N) is 3. The first kappa shape index (κ1) is 14.7. The van der Waals surface area contributed by atoms with Crippen LogP contribution in [0.3, 0.4) is 0 Å². The molecule has 2 heterocycles. The van der Waals surface area contributed by atoms with Crippen molar-refractivity contribution in [2.45, 2.75) is 0 Å². The predicted molar refractivity (Wildman–Crippen MR) is 89.0 cm³/mol. The molecule has 0 spiro atoms. The van der Waals surface area contributed by atoms with Gasteiger partial charge in [0.05, 0.1) is 10.2 Å². The predicted octanol–water partition coefficient (Wildman–Crippen LogP) is 3.03. The minimum absolute atomic E-state index is 0.503. The molecule has 0 bridgehead atoms. The summed E-state index contributed by atoms with van der Waals surface area (Å²) in [5.41, 5.74) is 8.28. The van der Waals surface area contributed by atoms with Crippen LogP contribution in [0.1, 0.15) is 0 Å². The first-order valence-electron chi connectivity index (χ1n) is 6.87. The number of rotatable bonds is 5. The van der Waals surface area contributed by atoms with E-state index in [1.807, 2.05) is 47.3 Å². The lowest BCUT2D eigenvalue weighted by Crippen LogP contribution is -2.10. The highest BCUT2D eigenvalue weighted by Crippen LogP contribution is 2.27. The summed E-state index contributed by atoms with van der Waals surface area (Å²) in [6.07, 6.45) is 5.44. The van der Waals surface area contributed by atoms with Crippen molar-refractivity contribution in [1.82, 2.24) is 14.8 Å². The lowest BCUT2D eigenvalue weighted by molar-refractivity contribution is 0.328. The lowest BCUT2D eigenvalue weighted by Gasteiger charge is -2.06. The van der Waals surface area contributed by atoms with Crippen LogP contribution in [0, 0.1) is 0 Å². The van der Waals surface area contributed by atoms with E-state index in [1.54, 1.807) is 12.4 Å². The summed E-state index contributed by atoms with van der Waals surface area (Å²) in [5, 5.41) is 4.62. The van der Waals surface area contributed by atoms with E-state index in [0.29, 0.717) is 13.2 Å². The van der Waals surface area contributed by atoms with E-state index < -0.39 is 0 Å². The number of benzene rings is 1. The smallest absolute Gasteiger partial charge is 0.119 e. The molecule has 2 aromatic heterocycles. The topological polar surface area (TPSA) is 66.0 Å². The Kier molecular flexibility index (Phi) is 4.50. The minimum Gasteiger partial charge on any atom is -0.492 e. The zero-order valence-corrected chi connectivity index (χ0v) is 13.4. The van der Waals surface area contributed by atoms with Gasteiger partial charge in [0.15, 0.2) is 0 Å². The van der Waals surface area contributed by atoms with Gasteiger partial charge in [-0.1, -0.05) is 0 Å². The van der Waals surface area contributed by atoms with Crippen LogP contribution in [-0.4, -0.2) is 27.9 Å². The Morgan fingerprint density at radius 1 is 1.09 bits per heavy atom. The Morgan fingerprint density at radius 2 is 1.82 bits per heavy atom. The summed E-state index contributed by atoms with van der Waals surface area (Å²) in [5.74, 6) is 0.801. The highest BCUT2D eigenvalue weighted by molar-refractivity contribution is 9.10. The fourth-order valence-corrected chi connectivity index (χ4v) is 2.56. The van der Waals surface area contributed by atoms with Gasteiger partial charge in [-0.05, 0) is 52.3 Å². The summed E-state index contributed by atoms with van der Waals surface area (Å²) >= 11 is 3.56. The molecular weight excluding hydrogens is 344 g/mol. The largest absolute Gasteiger partial charge is 0.492 e. The monoisotopic (exact) mass is 358 g/mol. The van der Waals surface area contributed by atoms with Gasteiger partial charge in [0.1, 0.15) is 18.1 Å². The first-order chi connectivity index (χ1) is 10.8. The van der Waals surface area contributed by atoms with Crippen LogP contribution in [0.4, 0.5) is 0 Å². The van der Waals surface area contributed by atoms with Crippen molar-refractivity contribution in [2.75, 3.05) is 13.2 Å². The number of aromatic nitrogens is 3. The molecule has 1 aromatic carbocycles. The maximum atomic E-state index is 5.47. The molecule has 0 aliphatic heterocycles. The van der Waals surface area contributed by atoms with Crippen LogP contribution in [0.25, 0.3) is 16.9 Å². The average Bonchev–Trinajstić information content (AvgIpc) is 2.96. The molecule has 0 aliphatic carbocycles. The molecule has 0 saturated carbocycles. The molecule has 0 saturated heterocycles. The molecule has 5 nitrogen and oxygen atoms in total. The van der Waals surface area contributed by atoms with Gasteiger partial charge >= 0.3 is 0 Å². The van der Waals surface area contributed by atoms with Gasteiger partial charge in [-0.15, -0.1) is 0 Å². The second-order valence-electron chi connectivity index (χ2n) is 4.64. The molecular formula is C16H15BrN4O. The maximum absolute atomic E-state index is 5.47. The Morgan fingerprint density at radius 3 is 2.50 bits per heavy atom. The normalized spacial score (nSPS) is 10.6. The van der Waals surface area contributed by atoms with Crippen molar-refractivity contribution in [3.63, 3.8) is 0 Å². The highest BCUT2D eigenvalue weighted by atomic mass is 79.9. The van der Waals surface area contributed by atoms with Gasteiger partial charge in [-0.25, -0.2) is 4.68 Å². The van der Waals surface area contributed by atoms with Crippen molar-refractivity contribution >= 4 is 15.9 Å². The van der Waals surface area contributed by atoms with Crippen molar-refractivity contribution in [3.05, 3.63) is 59.5 Å². The molecule has 22 heavy (non-hydrogen) atoms. The van der Waals surface area contributed by atoms with E-state index in [4.69, 9.17) is 10.5 Å². The number of ether oxygens (including phenoxy) is 1. The molecule has 6 heteroatoms. The van der Waals surface area contributed by atoms with Crippen molar-refractivity contribution < 1.29 is 4.74 Å². The van der Waals surface area contributed by atoms with E-state index in [9.17, 15) is 0 Å². The van der Waals surface area contributed by atoms with E-state index >= 15 is 0 Å². The van der Waals surface area contributed by atoms with Crippen molar-refractivity contribution in [2.24, 2.45) is 5.73 Å². The second-order valence-corrected chi connectivity index (χ2v) is 5.49. The Labute approximate surface area is 136 Å². The molecule has 0 amide bonds. The first-order valence-corrected chi connectivity index (χ1v) is 7.66. The van der Waals surface area contributed by atoms with Gasteiger partial charge in [0.2, 0.25) is 0 Å². The summed E-state index contributed by atoms with van der Waals surface area (Å²) < 4.78 is 8.23. The minimum atomic E-state index is 0.503. The van der Waals surface area contributed by atoms with Crippen LogP contribution in [0.5, 0.6) is 5.75 Å². The van der Waals surface area contributed by atoms with E-state index in [-0.39, 0.29) is 0 Å². The standard InChI is InChI=1S/C16H15BrN4O/c17-15-11-21(20-16(15)12-5-8-19-9-6-12)13-1-3-14(4-2-13)22-10-7-18/h1-6,8-9,11H,7,10,18H2. The van der Waals surface area contributed by atoms with Gasteiger partial charge in [0, 0.05) is 30.7 Å². The number of halogens is 1. The molecule has 3 aromatic rings. The third-order valence-corrected chi connectivity index (χ3v) is 3.69. The van der Waals surface area contributed by atoms with Gasteiger partial charge < -0.3 is 10.5 Å². The molecule has 112 valence electrons. The number of hydrogen-bond acceptors (Lipinski definition) is 4. The van der Waals surface area contributed by atoms with Crippen LogP contribution < -0.4 is 10.5 Å². The Hall–Kier alpha value is -2.18. The highest BCUT2D eigenvalue weighted by Gasteiger charge is 2.10. The van der Waals surface area contributed by atoms with E-state index in [1.165, 1.54) is 0 Å². The Balaban J connectivity index is 1.87. The zero-order chi connectivity index (χ0) is 15.4. The summed E-state index contributed by atoms with van der Waals surface area (Å²) in [4.78, 5) is 4.03. The van der Waals surface area contributed by atoms with Gasteiger partial charge in [-0.3, -0.25) is 4.98 Å². The quantitative estimate of drug-likeness (QED) is 0.761. The van der Waals surface area contributed by atoms with Crippen molar-refractivity contribution in [1.29, 1.82) is 0 Å².